The van der Waals surface area contributed by atoms with E-state index in [9.17, 15) is 10.1 Å². The molecule has 210 valence electrons. The minimum atomic E-state index is -3.06. The van der Waals surface area contributed by atoms with E-state index < -0.39 is 119 Å². The Morgan fingerprint density at radius 3 is 2.83 bits per heavy atom. The maximum Gasteiger partial charge on any atom is 0.159 e. The number of allylic oxidation sites excluding steroid dienone is 1. The zero-order valence-electron chi connectivity index (χ0n) is 36.4. The summed E-state index contributed by atoms with van der Waals surface area (Å²) in [4.78, 5) is 22.2. The molecule has 0 radical (unpaired) electrons. The van der Waals surface area contributed by atoms with Crippen LogP contribution in [-0.4, -0.2) is 47.9 Å². The van der Waals surface area contributed by atoms with E-state index in [0.717, 1.165) is 11.0 Å². The number of ether oxygens (including phenoxy) is 2. The van der Waals surface area contributed by atoms with E-state index in [4.69, 9.17) is 40.3 Å². The quantitative estimate of drug-likeness (QED) is 0.191. The molecule has 0 saturated carbocycles. The Morgan fingerprint density at radius 1 is 1.24 bits per heavy atom. The van der Waals surface area contributed by atoms with Gasteiger partial charge in [-0.05, 0) is 70.3 Å². The number of halogens is 1. The molecule has 0 bridgehead atoms. The maximum atomic E-state index is 13.2. The Balaban J connectivity index is 1.95. The fraction of sp³-hybridized carbons (Fsp3) is 0.250. The summed E-state index contributed by atoms with van der Waals surface area (Å²) in [6, 6.07) is -4.35. The van der Waals surface area contributed by atoms with Gasteiger partial charge in [0, 0.05) is 50.2 Å². The van der Waals surface area contributed by atoms with Crippen LogP contribution in [0.1, 0.15) is 48.6 Å². The van der Waals surface area contributed by atoms with Gasteiger partial charge in [0.05, 0.1) is 50.5 Å². The van der Waals surface area contributed by atoms with Gasteiger partial charge in [0.1, 0.15) is 24.1 Å². The van der Waals surface area contributed by atoms with Crippen LogP contribution in [0.4, 0.5) is 11.4 Å². The number of carbonyl (C=O) groups excluding carboxylic acids is 1. The first-order chi connectivity index (χ1) is 25.4. The van der Waals surface area contributed by atoms with Crippen molar-refractivity contribution in [1.29, 1.82) is 5.26 Å². The summed E-state index contributed by atoms with van der Waals surface area (Å²) in [6.07, 6.45) is -0.653. The molecule has 0 fully saturated rings. The van der Waals surface area contributed by atoms with Gasteiger partial charge in [0.15, 0.2) is 5.78 Å². The lowest BCUT2D eigenvalue weighted by molar-refractivity contribution is -0.114. The van der Waals surface area contributed by atoms with E-state index in [1.165, 1.54) is 21.0 Å². The SMILES string of the molecule is [2H]/C(=C\C(=O)Cc1c(OCC)c([2H])c2nc([2H])c(C#N)c(Nc3c([2H])c([2H])c(OC([2H])([2H])c4nc(C)c([2H])c([2H])c4[2H])c(Cl)c3[2H])c2c1[2H])C([2H])([2H])N(C)C. The summed E-state index contributed by atoms with van der Waals surface area (Å²) < 4.78 is 129. The molecule has 2 aromatic carbocycles. The molecule has 4 rings (SSSR count). The third-order valence-electron chi connectivity index (χ3n) is 5.01. The largest absolute Gasteiger partial charge is 0.494 e. The van der Waals surface area contributed by atoms with Crippen LogP contribution in [0.15, 0.2) is 66.6 Å². The molecular weight excluding hydrogens is 538 g/mol. The molecule has 8 nitrogen and oxygen atoms in total. The number of nitriles is 1. The third-order valence-corrected chi connectivity index (χ3v) is 5.28. The van der Waals surface area contributed by atoms with Gasteiger partial charge in [0.2, 0.25) is 0 Å². The van der Waals surface area contributed by atoms with Gasteiger partial charge in [0.25, 0.3) is 0 Å². The van der Waals surface area contributed by atoms with Crippen LogP contribution < -0.4 is 14.8 Å². The number of hydrogen-bond acceptors (Lipinski definition) is 8. The molecule has 1 N–H and O–H groups in total. The Hall–Kier alpha value is -4.45. The number of hydrogen-bond donors (Lipinski definition) is 1. The number of ketones is 1. The zero-order valence-corrected chi connectivity index (χ0v) is 23.1. The summed E-state index contributed by atoms with van der Waals surface area (Å²) in [6.45, 7) is -2.55. The normalized spacial score (nSPS) is 17.0. The van der Waals surface area contributed by atoms with Gasteiger partial charge in [-0.15, -0.1) is 0 Å². The predicted octanol–water partition coefficient (Wildman–Crippen LogP) is 6.41. The van der Waals surface area contributed by atoms with E-state index in [1.807, 2.05) is 0 Å². The Kier molecular flexibility index (Phi) is 5.40. The zero-order chi connectivity index (χ0) is 41.6. The highest BCUT2D eigenvalue weighted by Gasteiger charge is 2.16. The molecule has 0 atom stereocenters. The molecule has 4 aromatic rings. The standard InChI is InChI=1S/C32H32ClN5O3/c1-5-40-31-17-29-27(15-22(31)14-26(39)10-7-13-38(3)4)32(23(18-34)19-35-29)37-24-11-12-30(28(33)16-24)41-20-25-9-6-8-21(2)36-25/h6-12,15-17,19H,5,13-14,20H2,1-4H3,(H,35,37)/b10-7+/i6D,7D,8D,9D,11D,12D,13D2,15D,16D,17D,19D,20D2. The highest BCUT2D eigenvalue weighted by atomic mass is 35.5. The van der Waals surface area contributed by atoms with Crippen LogP contribution in [0.5, 0.6) is 11.5 Å². The van der Waals surface area contributed by atoms with Crippen molar-refractivity contribution in [2.24, 2.45) is 0 Å². The van der Waals surface area contributed by atoms with Gasteiger partial charge in [-0.25, -0.2) is 0 Å². The highest BCUT2D eigenvalue weighted by Crippen LogP contribution is 2.36. The van der Waals surface area contributed by atoms with Crippen molar-refractivity contribution in [2.45, 2.75) is 26.8 Å². The fourth-order valence-electron chi connectivity index (χ4n) is 3.32. The minimum absolute atomic E-state index is 0.0457. The minimum Gasteiger partial charge on any atom is -0.494 e. The van der Waals surface area contributed by atoms with Crippen molar-refractivity contribution in [3.63, 3.8) is 0 Å². The van der Waals surface area contributed by atoms with E-state index in [2.05, 4.69) is 15.3 Å². The molecule has 0 aliphatic heterocycles. The Labute approximate surface area is 264 Å². The number of aromatic nitrogens is 2. The van der Waals surface area contributed by atoms with Crippen LogP contribution >= 0.6 is 11.6 Å². The number of rotatable bonds is 12. The highest BCUT2D eigenvalue weighted by molar-refractivity contribution is 6.32. The lowest BCUT2D eigenvalue weighted by Gasteiger charge is -2.16. The second kappa shape index (κ2) is 13.8. The Bertz CT molecular complexity index is 2300. The number of carbonyl (C=O) groups is 1. The number of nitrogens with zero attached hydrogens (tertiary/aromatic N) is 4. The summed E-state index contributed by atoms with van der Waals surface area (Å²) in [5, 5.41) is 11.7. The molecule has 2 aromatic heterocycles. The van der Waals surface area contributed by atoms with Crippen LogP contribution in [0.3, 0.4) is 0 Å². The number of likely N-dealkylation sites (N-methyl/N-ethyl adjacent to an activating group) is 1. The lowest BCUT2D eigenvalue weighted by atomic mass is 10.0. The van der Waals surface area contributed by atoms with Crippen molar-refractivity contribution < 1.29 is 33.5 Å². The van der Waals surface area contributed by atoms with Gasteiger partial charge in [-0.1, -0.05) is 23.7 Å². The lowest BCUT2D eigenvalue weighted by Crippen LogP contribution is -2.11. The van der Waals surface area contributed by atoms with Crippen LogP contribution in [-0.2, 0) is 17.8 Å². The first-order valence-electron chi connectivity index (χ1n) is 19.0. The smallest absolute Gasteiger partial charge is 0.159 e. The van der Waals surface area contributed by atoms with Crippen molar-refractivity contribution in [2.75, 3.05) is 32.5 Å². The molecule has 0 unspecified atom stereocenters. The van der Waals surface area contributed by atoms with Crippen LogP contribution in [0, 0.1) is 18.3 Å². The molecule has 0 amide bonds. The number of pyridine rings is 2. The molecular formula is C32H32ClN5O3. The van der Waals surface area contributed by atoms with E-state index in [0.29, 0.717) is 0 Å². The predicted molar refractivity (Wildman–Crippen MR) is 162 cm³/mol. The van der Waals surface area contributed by atoms with Crippen molar-refractivity contribution >= 4 is 39.7 Å². The van der Waals surface area contributed by atoms with Crippen molar-refractivity contribution in [1.82, 2.24) is 14.9 Å². The average Bonchev–Trinajstić information content (AvgIpc) is 3.11. The summed E-state index contributed by atoms with van der Waals surface area (Å²) in [5.74, 6) is -1.95. The molecule has 0 aliphatic carbocycles. The molecule has 0 saturated heterocycles. The number of benzene rings is 2. The molecule has 41 heavy (non-hydrogen) atoms. The molecule has 2 heterocycles. The van der Waals surface area contributed by atoms with Crippen molar-refractivity contribution in [3.05, 3.63) is 94.2 Å². The Morgan fingerprint density at radius 2 is 2.07 bits per heavy atom. The van der Waals surface area contributed by atoms with Gasteiger partial charge < -0.3 is 19.7 Å². The molecule has 9 heteroatoms. The fourth-order valence-corrected chi connectivity index (χ4v) is 3.50. The third kappa shape index (κ3) is 7.82. The molecule has 0 spiro atoms. The van der Waals surface area contributed by atoms with Crippen molar-refractivity contribution in [3.8, 4) is 17.6 Å². The van der Waals surface area contributed by atoms with Crippen LogP contribution in [0.2, 0.25) is 5.02 Å². The topological polar surface area (TPSA) is 100 Å². The maximum absolute atomic E-state index is 13.2. The summed E-state index contributed by atoms with van der Waals surface area (Å²) in [5.41, 5.74) is -2.97. The first-order valence-corrected chi connectivity index (χ1v) is 12.4. The van der Waals surface area contributed by atoms with Crippen LogP contribution in [0.25, 0.3) is 10.9 Å². The van der Waals surface area contributed by atoms with E-state index >= 15 is 0 Å². The number of aryl methyl sites for hydroxylation is 1. The van der Waals surface area contributed by atoms with E-state index in [-0.39, 0.29) is 34.5 Å². The van der Waals surface area contributed by atoms with Gasteiger partial charge in [-0.3, -0.25) is 14.8 Å². The second-order valence-corrected chi connectivity index (χ2v) is 8.76. The monoisotopic (exact) mass is 583 g/mol. The average molecular weight is 584 g/mol. The summed E-state index contributed by atoms with van der Waals surface area (Å²) >= 11 is 6.43. The number of nitrogens with one attached hydrogen (secondary N) is 1. The van der Waals surface area contributed by atoms with Gasteiger partial charge in [-0.2, -0.15) is 5.26 Å². The van der Waals surface area contributed by atoms with Gasteiger partial charge >= 0.3 is 0 Å². The van der Waals surface area contributed by atoms with E-state index in [1.54, 1.807) is 13.0 Å². The first kappa shape index (κ1) is 16.1. The number of anilines is 2. The second-order valence-electron chi connectivity index (χ2n) is 8.38. The molecule has 0 aliphatic rings. The summed E-state index contributed by atoms with van der Waals surface area (Å²) in [7, 11) is 2.74. The number of fused-ring (bicyclic) bond motifs is 1.